The minimum Gasteiger partial charge on any atom is -0.384 e. The number of H-pyrrole nitrogens is 1. The molecule has 0 aliphatic heterocycles. The van der Waals surface area contributed by atoms with Crippen LogP contribution in [0.15, 0.2) is 9.32 Å². The smallest absolute Gasteiger partial charge is 0.283 e. The molecule has 1 aromatic heterocycles. The summed E-state index contributed by atoms with van der Waals surface area (Å²) in [6.45, 7) is 5.95. The van der Waals surface area contributed by atoms with E-state index in [9.17, 15) is 4.79 Å². The second-order valence-electron chi connectivity index (χ2n) is 3.17. The predicted molar refractivity (Wildman–Crippen MR) is 42.6 cm³/mol. The van der Waals surface area contributed by atoms with E-state index in [1.54, 1.807) is 6.92 Å². The lowest BCUT2D eigenvalue weighted by molar-refractivity contribution is 0.390. The lowest BCUT2D eigenvalue weighted by Gasteiger charge is -1.99. The summed E-state index contributed by atoms with van der Waals surface area (Å²) in [7, 11) is 0. The van der Waals surface area contributed by atoms with Crippen LogP contribution in [0.1, 0.15) is 25.2 Å². The first-order chi connectivity index (χ1) is 5.11. The van der Waals surface area contributed by atoms with Gasteiger partial charge in [-0.05, 0) is 19.3 Å². The van der Waals surface area contributed by atoms with Crippen LogP contribution in [-0.4, -0.2) is 5.16 Å². The van der Waals surface area contributed by atoms with Crippen molar-refractivity contribution in [2.24, 2.45) is 5.92 Å². The average molecular weight is 155 g/mol. The van der Waals surface area contributed by atoms with Gasteiger partial charge in [0.25, 0.3) is 5.56 Å². The number of aryl methyl sites for hydroxylation is 1. The van der Waals surface area contributed by atoms with Gasteiger partial charge in [-0.1, -0.05) is 13.8 Å². The Bertz CT molecular complexity index is 283. The minimum absolute atomic E-state index is 0.0869. The van der Waals surface area contributed by atoms with Gasteiger partial charge >= 0.3 is 0 Å². The van der Waals surface area contributed by atoms with Crippen molar-refractivity contribution < 1.29 is 4.52 Å². The van der Waals surface area contributed by atoms with E-state index < -0.39 is 0 Å². The van der Waals surface area contributed by atoms with Gasteiger partial charge in [-0.2, -0.15) is 5.16 Å². The SMILES string of the molecule is Cc1o[nH]c(=O)c1CC(C)C. The van der Waals surface area contributed by atoms with Crippen LogP contribution in [-0.2, 0) is 6.42 Å². The zero-order valence-corrected chi connectivity index (χ0v) is 7.10. The lowest BCUT2D eigenvalue weighted by Crippen LogP contribution is -2.08. The van der Waals surface area contributed by atoms with Gasteiger partial charge in [-0.25, -0.2) is 0 Å². The van der Waals surface area contributed by atoms with E-state index in [1.807, 2.05) is 0 Å². The first kappa shape index (κ1) is 8.11. The first-order valence-corrected chi connectivity index (χ1v) is 3.78. The van der Waals surface area contributed by atoms with Crippen molar-refractivity contribution in [2.45, 2.75) is 27.2 Å². The number of hydrogen-bond donors (Lipinski definition) is 1. The molecule has 1 heterocycles. The van der Waals surface area contributed by atoms with Crippen molar-refractivity contribution in [1.82, 2.24) is 5.16 Å². The highest BCUT2D eigenvalue weighted by atomic mass is 16.5. The van der Waals surface area contributed by atoms with Crippen LogP contribution in [0.2, 0.25) is 0 Å². The monoisotopic (exact) mass is 155 g/mol. The number of hydrogen-bond acceptors (Lipinski definition) is 2. The van der Waals surface area contributed by atoms with E-state index in [0.717, 1.165) is 12.0 Å². The maximum Gasteiger partial charge on any atom is 0.283 e. The van der Waals surface area contributed by atoms with E-state index >= 15 is 0 Å². The molecule has 1 N–H and O–H groups in total. The van der Waals surface area contributed by atoms with Gasteiger partial charge in [0, 0.05) is 0 Å². The van der Waals surface area contributed by atoms with Crippen LogP contribution >= 0.6 is 0 Å². The average Bonchev–Trinajstić information content (AvgIpc) is 2.18. The molecule has 0 saturated heterocycles. The Hall–Kier alpha value is -0.990. The largest absolute Gasteiger partial charge is 0.384 e. The Balaban J connectivity index is 2.92. The van der Waals surface area contributed by atoms with Crippen LogP contribution in [0.5, 0.6) is 0 Å². The van der Waals surface area contributed by atoms with Crippen molar-refractivity contribution in [3.8, 4) is 0 Å². The fraction of sp³-hybridized carbons (Fsp3) is 0.625. The molecule has 0 fully saturated rings. The van der Waals surface area contributed by atoms with Crippen molar-refractivity contribution in [3.63, 3.8) is 0 Å². The summed E-state index contributed by atoms with van der Waals surface area (Å²) in [6, 6.07) is 0. The van der Waals surface area contributed by atoms with Gasteiger partial charge in [-0.3, -0.25) is 4.79 Å². The maximum atomic E-state index is 11.0. The van der Waals surface area contributed by atoms with Crippen LogP contribution in [0.4, 0.5) is 0 Å². The minimum atomic E-state index is -0.0869. The number of nitrogens with one attached hydrogen (secondary N) is 1. The molecule has 11 heavy (non-hydrogen) atoms. The highest BCUT2D eigenvalue weighted by molar-refractivity contribution is 5.12. The molecule has 1 aromatic rings. The van der Waals surface area contributed by atoms with Crippen molar-refractivity contribution >= 4 is 0 Å². The Morgan fingerprint density at radius 1 is 1.55 bits per heavy atom. The molecule has 3 heteroatoms. The summed E-state index contributed by atoms with van der Waals surface area (Å²) >= 11 is 0. The highest BCUT2D eigenvalue weighted by Crippen LogP contribution is 2.07. The van der Waals surface area contributed by atoms with E-state index in [0.29, 0.717) is 11.7 Å². The van der Waals surface area contributed by atoms with Crippen LogP contribution < -0.4 is 5.56 Å². The molecule has 0 amide bonds. The van der Waals surface area contributed by atoms with Gasteiger partial charge in [0.05, 0.1) is 5.56 Å². The fourth-order valence-electron chi connectivity index (χ4n) is 1.05. The lowest BCUT2D eigenvalue weighted by atomic mass is 10.0. The Morgan fingerprint density at radius 2 is 2.18 bits per heavy atom. The molecule has 0 bridgehead atoms. The van der Waals surface area contributed by atoms with Gasteiger partial charge in [0.1, 0.15) is 5.76 Å². The molecule has 0 atom stereocenters. The topological polar surface area (TPSA) is 46.0 Å². The molecular formula is C8H13NO2. The number of rotatable bonds is 2. The fourth-order valence-corrected chi connectivity index (χ4v) is 1.05. The van der Waals surface area contributed by atoms with Crippen LogP contribution in [0.25, 0.3) is 0 Å². The molecule has 0 saturated carbocycles. The summed E-state index contributed by atoms with van der Waals surface area (Å²) in [5.41, 5.74) is 0.691. The Morgan fingerprint density at radius 3 is 2.55 bits per heavy atom. The van der Waals surface area contributed by atoms with Gasteiger partial charge in [-0.15, -0.1) is 0 Å². The van der Waals surface area contributed by atoms with E-state index in [1.165, 1.54) is 0 Å². The molecule has 0 aliphatic rings. The van der Waals surface area contributed by atoms with Crippen molar-refractivity contribution in [2.75, 3.05) is 0 Å². The summed E-state index contributed by atoms with van der Waals surface area (Å²) in [4.78, 5) is 11.0. The molecule has 3 nitrogen and oxygen atoms in total. The Labute approximate surface area is 65.4 Å². The molecule has 0 unspecified atom stereocenters. The zero-order chi connectivity index (χ0) is 8.43. The van der Waals surface area contributed by atoms with Crippen molar-refractivity contribution in [1.29, 1.82) is 0 Å². The van der Waals surface area contributed by atoms with Gasteiger partial charge in [0.15, 0.2) is 0 Å². The second kappa shape index (κ2) is 2.95. The third kappa shape index (κ3) is 1.73. The summed E-state index contributed by atoms with van der Waals surface area (Å²) in [5.74, 6) is 1.20. The molecule has 62 valence electrons. The van der Waals surface area contributed by atoms with Crippen LogP contribution in [0, 0.1) is 12.8 Å². The third-order valence-electron chi connectivity index (χ3n) is 1.61. The molecule has 0 spiro atoms. The number of aromatic nitrogens is 1. The summed E-state index contributed by atoms with van der Waals surface area (Å²) in [6.07, 6.45) is 0.789. The second-order valence-corrected chi connectivity index (χ2v) is 3.17. The normalized spacial score (nSPS) is 10.9. The standard InChI is InChI=1S/C8H13NO2/c1-5(2)4-7-6(3)11-9-8(7)10/h5H,4H2,1-3H3,(H,9,10). The van der Waals surface area contributed by atoms with Gasteiger partial charge < -0.3 is 4.52 Å². The highest BCUT2D eigenvalue weighted by Gasteiger charge is 2.09. The molecule has 0 aromatic carbocycles. The Kier molecular flexibility index (Phi) is 2.17. The summed E-state index contributed by atoms with van der Waals surface area (Å²) in [5, 5.41) is 2.31. The van der Waals surface area contributed by atoms with E-state index in [-0.39, 0.29) is 5.56 Å². The predicted octanol–water partition coefficient (Wildman–Crippen LogP) is 1.47. The number of aromatic amines is 1. The van der Waals surface area contributed by atoms with E-state index in [2.05, 4.69) is 19.0 Å². The summed E-state index contributed by atoms with van der Waals surface area (Å²) < 4.78 is 4.86. The van der Waals surface area contributed by atoms with Crippen LogP contribution in [0.3, 0.4) is 0 Å². The molecule has 0 radical (unpaired) electrons. The maximum absolute atomic E-state index is 11.0. The van der Waals surface area contributed by atoms with Crippen molar-refractivity contribution in [3.05, 3.63) is 21.7 Å². The third-order valence-corrected chi connectivity index (χ3v) is 1.61. The molecule has 0 aliphatic carbocycles. The first-order valence-electron chi connectivity index (χ1n) is 3.78. The quantitative estimate of drug-likeness (QED) is 0.703. The van der Waals surface area contributed by atoms with E-state index in [4.69, 9.17) is 4.52 Å². The molecular weight excluding hydrogens is 142 g/mol. The van der Waals surface area contributed by atoms with Gasteiger partial charge in [0.2, 0.25) is 0 Å². The zero-order valence-electron chi connectivity index (χ0n) is 7.10. The molecule has 1 rings (SSSR count).